The smallest absolute Gasteiger partial charge is 0.323 e. The average Bonchev–Trinajstić information content (AvgIpc) is 3.03. The highest BCUT2D eigenvalue weighted by atomic mass is 32.2. The highest BCUT2D eigenvalue weighted by Gasteiger charge is 2.18. The second kappa shape index (κ2) is 6.65. The zero-order valence-electron chi connectivity index (χ0n) is 14.0. The van der Waals surface area contributed by atoms with Gasteiger partial charge >= 0.3 is 5.69 Å². The fourth-order valence-corrected chi connectivity index (χ4v) is 3.73. The topological polar surface area (TPSA) is 104 Å². The highest BCUT2D eigenvalue weighted by molar-refractivity contribution is 7.92. The normalized spacial score (nSPS) is 11.4. The number of nitrogens with one attached hydrogen (secondary N) is 3. The van der Waals surface area contributed by atoms with Gasteiger partial charge in [-0.25, -0.2) is 13.2 Å². The van der Waals surface area contributed by atoms with Gasteiger partial charge in [0.25, 0.3) is 10.0 Å². The molecule has 0 aliphatic rings. The third-order valence-electron chi connectivity index (χ3n) is 3.90. The maximum atomic E-state index is 12.8. The first kappa shape index (κ1) is 16.9. The number of hydrogen-bond acceptors (Lipinski definition) is 4. The average molecular weight is 381 g/mol. The second-order valence-corrected chi connectivity index (χ2v) is 7.49. The summed E-state index contributed by atoms with van der Waals surface area (Å²) in [4.78, 5) is 16.5. The second-order valence-electron chi connectivity index (χ2n) is 5.80. The standard InChI is InChI=1S/C19H15N3O4S/c23-19-20-15-11-10-14(12-17(15)21-19)27(24,25)22-16-8-4-5-9-18(16)26-13-6-2-1-3-7-13/h1-12,22H,(H2,20,21,23). The maximum absolute atomic E-state index is 12.8. The number of H-pyrrole nitrogens is 2. The Kier molecular flexibility index (Phi) is 4.17. The van der Waals surface area contributed by atoms with Gasteiger partial charge in [0, 0.05) is 0 Å². The van der Waals surface area contributed by atoms with Gasteiger partial charge in [0.15, 0.2) is 5.75 Å². The molecule has 0 atom stereocenters. The van der Waals surface area contributed by atoms with Crippen LogP contribution in [0.25, 0.3) is 11.0 Å². The van der Waals surface area contributed by atoms with Crippen molar-refractivity contribution in [1.29, 1.82) is 0 Å². The molecule has 8 heteroatoms. The molecule has 0 amide bonds. The number of benzene rings is 3. The zero-order valence-corrected chi connectivity index (χ0v) is 14.8. The first-order chi connectivity index (χ1) is 13.0. The van der Waals surface area contributed by atoms with Crippen molar-refractivity contribution < 1.29 is 13.2 Å². The van der Waals surface area contributed by atoms with Crippen LogP contribution in [0, 0.1) is 0 Å². The lowest BCUT2D eigenvalue weighted by atomic mass is 10.3. The Morgan fingerprint density at radius 3 is 2.33 bits per heavy atom. The van der Waals surface area contributed by atoms with Crippen LogP contribution in [-0.4, -0.2) is 18.4 Å². The first-order valence-electron chi connectivity index (χ1n) is 8.08. The molecule has 0 saturated carbocycles. The van der Waals surface area contributed by atoms with E-state index < -0.39 is 15.7 Å². The van der Waals surface area contributed by atoms with Gasteiger partial charge < -0.3 is 14.7 Å². The largest absolute Gasteiger partial charge is 0.455 e. The first-order valence-corrected chi connectivity index (χ1v) is 9.56. The van der Waals surface area contributed by atoms with Crippen molar-refractivity contribution in [2.24, 2.45) is 0 Å². The number of aromatic amines is 2. The zero-order chi connectivity index (χ0) is 18.9. The molecular weight excluding hydrogens is 366 g/mol. The minimum Gasteiger partial charge on any atom is -0.455 e. The summed E-state index contributed by atoms with van der Waals surface area (Å²) in [6.45, 7) is 0. The van der Waals surface area contributed by atoms with Gasteiger partial charge in [-0.05, 0) is 42.5 Å². The molecule has 27 heavy (non-hydrogen) atoms. The number of ether oxygens (including phenoxy) is 1. The van der Waals surface area contributed by atoms with Crippen LogP contribution < -0.4 is 15.1 Å². The van der Waals surface area contributed by atoms with Crippen LogP contribution >= 0.6 is 0 Å². The van der Waals surface area contributed by atoms with Crippen LogP contribution in [-0.2, 0) is 10.0 Å². The molecule has 3 N–H and O–H groups in total. The van der Waals surface area contributed by atoms with Crippen molar-refractivity contribution >= 4 is 26.7 Å². The molecule has 0 spiro atoms. The van der Waals surface area contributed by atoms with E-state index in [2.05, 4.69) is 14.7 Å². The lowest BCUT2D eigenvalue weighted by molar-refractivity contribution is 0.485. The van der Waals surface area contributed by atoms with Crippen LogP contribution in [0.1, 0.15) is 0 Å². The Morgan fingerprint density at radius 2 is 1.52 bits per heavy atom. The van der Waals surface area contributed by atoms with E-state index in [1.54, 1.807) is 36.4 Å². The minimum absolute atomic E-state index is 0.0276. The molecular formula is C19H15N3O4S. The van der Waals surface area contributed by atoms with Gasteiger partial charge in [-0.1, -0.05) is 30.3 Å². The van der Waals surface area contributed by atoms with E-state index in [1.165, 1.54) is 18.2 Å². The van der Waals surface area contributed by atoms with Crippen LogP contribution in [0.15, 0.2) is 82.5 Å². The lowest BCUT2D eigenvalue weighted by Crippen LogP contribution is -2.13. The fraction of sp³-hybridized carbons (Fsp3) is 0. The summed E-state index contributed by atoms with van der Waals surface area (Å²) >= 11 is 0. The number of sulfonamides is 1. The van der Waals surface area contributed by atoms with E-state index in [4.69, 9.17) is 4.74 Å². The number of para-hydroxylation sites is 3. The van der Waals surface area contributed by atoms with Crippen molar-refractivity contribution in [3.05, 3.63) is 83.3 Å². The molecule has 0 radical (unpaired) electrons. The van der Waals surface area contributed by atoms with Crippen molar-refractivity contribution in [3.63, 3.8) is 0 Å². The van der Waals surface area contributed by atoms with Gasteiger partial charge in [-0.2, -0.15) is 0 Å². The predicted octanol–water partition coefficient (Wildman–Crippen LogP) is 3.45. The van der Waals surface area contributed by atoms with Gasteiger partial charge in [0.2, 0.25) is 0 Å². The number of imidazole rings is 1. The SMILES string of the molecule is O=c1[nH]c2ccc(S(=O)(=O)Nc3ccccc3Oc3ccccc3)cc2[nH]1. The van der Waals surface area contributed by atoms with E-state index in [1.807, 2.05) is 18.2 Å². The molecule has 7 nitrogen and oxygen atoms in total. The maximum Gasteiger partial charge on any atom is 0.323 e. The summed E-state index contributed by atoms with van der Waals surface area (Å²) in [6, 6.07) is 20.2. The number of hydrogen-bond donors (Lipinski definition) is 3. The van der Waals surface area contributed by atoms with Crippen LogP contribution in [0.4, 0.5) is 5.69 Å². The van der Waals surface area contributed by atoms with Gasteiger partial charge in [-0.3, -0.25) is 4.72 Å². The molecule has 4 rings (SSSR count). The highest BCUT2D eigenvalue weighted by Crippen LogP contribution is 2.31. The van der Waals surface area contributed by atoms with E-state index in [9.17, 15) is 13.2 Å². The molecule has 3 aromatic carbocycles. The minimum atomic E-state index is -3.88. The van der Waals surface area contributed by atoms with Crippen LogP contribution in [0.3, 0.4) is 0 Å². The van der Waals surface area contributed by atoms with Crippen LogP contribution in [0.2, 0.25) is 0 Å². The monoisotopic (exact) mass is 381 g/mol. The molecule has 0 unspecified atom stereocenters. The summed E-state index contributed by atoms with van der Waals surface area (Å²) in [6.07, 6.45) is 0. The van der Waals surface area contributed by atoms with Gasteiger partial charge in [-0.15, -0.1) is 0 Å². The predicted molar refractivity (Wildman–Crippen MR) is 103 cm³/mol. The quantitative estimate of drug-likeness (QED) is 0.492. The fourth-order valence-electron chi connectivity index (χ4n) is 2.64. The van der Waals surface area contributed by atoms with Crippen molar-refractivity contribution in [3.8, 4) is 11.5 Å². The van der Waals surface area contributed by atoms with Crippen LogP contribution in [0.5, 0.6) is 11.5 Å². The Morgan fingerprint density at radius 1 is 0.815 bits per heavy atom. The molecule has 0 aliphatic carbocycles. The van der Waals surface area contributed by atoms with E-state index >= 15 is 0 Å². The van der Waals surface area contributed by atoms with E-state index in [0.29, 0.717) is 28.2 Å². The number of anilines is 1. The molecule has 1 aromatic heterocycles. The van der Waals surface area contributed by atoms with E-state index in [-0.39, 0.29) is 4.90 Å². The Bertz CT molecular complexity index is 1260. The summed E-state index contributed by atoms with van der Waals surface area (Å²) in [5, 5.41) is 0. The summed E-state index contributed by atoms with van der Waals surface area (Å²) in [7, 11) is -3.88. The lowest BCUT2D eigenvalue weighted by Gasteiger charge is -2.13. The van der Waals surface area contributed by atoms with Crippen molar-refractivity contribution in [2.75, 3.05) is 4.72 Å². The summed E-state index contributed by atoms with van der Waals surface area (Å²) in [5.74, 6) is 0.971. The summed E-state index contributed by atoms with van der Waals surface area (Å²) < 4.78 is 33.9. The molecule has 136 valence electrons. The van der Waals surface area contributed by atoms with Crippen molar-refractivity contribution in [1.82, 2.24) is 9.97 Å². The summed E-state index contributed by atoms with van der Waals surface area (Å²) in [5.41, 5.74) is 0.863. The Balaban J connectivity index is 1.67. The Hall–Kier alpha value is -3.52. The molecule has 0 saturated heterocycles. The van der Waals surface area contributed by atoms with Gasteiger partial charge in [0.1, 0.15) is 5.75 Å². The third-order valence-corrected chi connectivity index (χ3v) is 5.26. The van der Waals surface area contributed by atoms with Gasteiger partial charge in [0.05, 0.1) is 21.6 Å². The molecule has 4 aromatic rings. The molecule has 0 aliphatic heterocycles. The molecule has 1 heterocycles. The number of rotatable bonds is 5. The van der Waals surface area contributed by atoms with E-state index in [0.717, 1.165) is 0 Å². The third kappa shape index (κ3) is 3.56. The van der Waals surface area contributed by atoms with Crippen molar-refractivity contribution in [2.45, 2.75) is 4.90 Å². The number of aromatic nitrogens is 2. The number of fused-ring (bicyclic) bond motifs is 1. The molecule has 0 bridgehead atoms. The molecule has 0 fully saturated rings. The Labute approximate surface area is 154 Å².